The lowest BCUT2D eigenvalue weighted by Crippen LogP contribution is -2.64. The summed E-state index contributed by atoms with van der Waals surface area (Å²) in [5, 5.41) is 19.4. The molecule has 3 N–H and O–H groups in total. The summed E-state index contributed by atoms with van der Waals surface area (Å²) in [5.41, 5.74) is -1.11. The van der Waals surface area contributed by atoms with Gasteiger partial charge in [0.2, 0.25) is 0 Å². The van der Waals surface area contributed by atoms with Gasteiger partial charge in [0.25, 0.3) is 11.5 Å². The molecule has 18 heavy (non-hydrogen) atoms. The molecule has 2 fully saturated rings. The van der Waals surface area contributed by atoms with Crippen LogP contribution in [0.15, 0.2) is 16.9 Å². The number of hydrogen-bond acceptors (Lipinski definition) is 4. The second-order valence-corrected chi connectivity index (χ2v) is 5.16. The molecule has 1 aromatic heterocycles. The predicted octanol–water partition coefficient (Wildman–Crippen LogP) is -0.323. The van der Waals surface area contributed by atoms with Crippen LogP contribution in [0.4, 0.5) is 0 Å². The highest BCUT2D eigenvalue weighted by Gasteiger charge is 2.53. The van der Waals surface area contributed by atoms with Crippen molar-refractivity contribution in [3.63, 3.8) is 0 Å². The molecule has 6 nitrogen and oxygen atoms in total. The molecule has 96 valence electrons. The SMILES string of the molecule is O=C(c1cc(O)[nH]c(=O)c1)N1CC(O)(C2CC2)C1. The van der Waals surface area contributed by atoms with Gasteiger partial charge in [0.15, 0.2) is 5.88 Å². The average Bonchev–Trinajstić information content (AvgIpc) is 3.06. The number of rotatable bonds is 2. The fraction of sp³-hybridized carbons (Fsp3) is 0.500. The smallest absolute Gasteiger partial charge is 0.254 e. The first-order valence-electron chi connectivity index (χ1n) is 5.93. The second kappa shape index (κ2) is 3.58. The van der Waals surface area contributed by atoms with E-state index in [9.17, 15) is 19.8 Å². The Hall–Kier alpha value is -1.82. The lowest BCUT2D eigenvalue weighted by atomic mass is 9.88. The van der Waals surface area contributed by atoms with Crippen molar-refractivity contribution < 1.29 is 15.0 Å². The molecule has 1 saturated carbocycles. The monoisotopic (exact) mass is 250 g/mol. The zero-order valence-electron chi connectivity index (χ0n) is 9.72. The Bertz CT molecular complexity index is 555. The van der Waals surface area contributed by atoms with Gasteiger partial charge in [-0.25, -0.2) is 0 Å². The molecule has 0 atom stereocenters. The number of nitrogens with zero attached hydrogens (tertiary/aromatic N) is 1. The van der Waals surface area contributed by atoms with E-state index in [2.05, 4.69) is 4.98 Å². The molecule has 1 amide bonds. The Morgan fingerprint density at radius 2 is 2.06 bits per heavy atom. The van der Waals surface area contributed by atoms with E-state index in [1.165, 1.54) is 11.0 Å². The Morgan fingerprint density at radius 3 is 2.61 bits per heavy atom. The highest BCUT2D eigenvalue weighted by Crippen LogP contribution is 2.44. The Morgan fingerprint density at radius 1 is 1.39 bits per heavy atom. The van der Waals surface area contributed by atoms with Crippen molar-refractivity contribution in [3.05, 3.63) is 28.0 Å². The molecule has 0 aromatic carbocycles. The maximum atomic E-state index is 12.0. The van der Waals surface area contributed by atoms with Crippen molar-refractivity contribution in [3.8, 4) is 5.88 Å². The number of aromatic hydroxyl groups is 1. The molecule has 1 saturated heterocycles. The summed E-state index contributed by atoms with van der Waals surface area (Å²) in [5.74, 6) is -0.348. The summed E-state index contributed by atoms with van der Waals surface area (Å²) in [6.45, 7) is 0.619. The van der Waals surface area contributed by atoms with Crippen molar-refractivity contribution in [2.24, 2.45) is 5.92 Å². The number of aromatic nitrogens is 1. The van der Waals surface area contributed by atoms with Crippen LogP contribution < -0.4 is 5.56 Å². The fourth-order valence-electron chi connectivity index (χ4n) is 2.47. The molecular weight excluding hydrogens is 236 g/mol. The van der Waals surface area contributed by atoms with Crippen LogP contribution in [0.3, 0.4) is 0 Å². The van der Waals surface area contributed by atoms with Gasteiger partial charge in [-0.2, -0.15) is 0 Å². The van der Waals surface area contributed by atoms with Crippen molar-refractivity contribution in [2.75, 3.05) is 13.1 Å². The zero-order chi connectivity index (χ0) is 12.9. The summed E-state index contributed by atoms with van der Waals surface area (Å²) in [4.78, 5) is 26.8. The fourth-order valence-corrected chi connectivity index (χ4v) is 2.47. The van der Waals surface area contributed by atoms with E-state index in [4.69, 9.17) is 0 Å². The highest BCUT2D eigenvalue weighted by atomic mass is 16.3. The average molecular weight is 250 g/mol. The van der Waals surface area contributed by atoms with Gasteiger partial charge in [-0.3, -0.25) is 14.6 Å². The molecule has 1 aliphatic carbocycles. The van der Waals surface area contributed by atoms with Crippen LogP contribution in [0.25, 0.3) is 0 Å². The number of aliphatic hydroxyl groups is 1. The maximum absolute atomic E-state index is 12.0. The van der Waals surface area contributed by atoms with Gasteiger partial charge in [0.05, 0.1) is 18.7 Å². The maximum Gasteiger partial charge on any atom is 0.254 e. The molecule has 0 unspecified atom stereocenters. The molecule has 1 aliphatic heterocycles. The van der Waals surface area contributed by atoms with Crippen LogP contribution in [-0.4, -0.2) is 44.7 Å². The first-order chi connectivity index (χ1) is 8.48. The molecule has 1 aromatic rings. The number of pyridine rings is 1. The predicted molar refractivity (Wildman–Crippen MR) is 62.3 cm³/mol. The topological polar surface area (TPSA) is 93.6 Å². The van der Waals surface area contributed by atoms with Gasteiger partial charge in [-0.1, -0.05) is 0 Å². The number of amides is 1. The third kappa shape index (κ3) is 1.78. The summed E-state index contributed by atoms with van der Waals surface area (Å²) in [6.07, 6.45) is 2.04. The van der Waals surface area contributed by atoms with Crippen LogP contribution >= 0.6 is 0 Å². The van der Waals surface area contributed by atoms with Gasteiger partial charge in [0, 0.05) is 12.1 Å². The number of β-amino-alcohol motifs (C(OH)–C–C–N with tert-alkyl or cyclic N) is 1. The van der Waals surface area contributed by atoms with E-state index in [-0.39, 0.29) is 17.4 Å². The van der Waals surface area contributed by atoms with E-state index < -0.39 is 11.2 Å². The number of H-pyrrole nitrogens is 1. The largest absolute Gasteiger partial charge is 0.494 e. The van der Waals surface area contributed by atoms with Crippen molar-refractivity contribution >= 4 is 5.91 Å². The number of hydrogen-bond donors (Lipinski definition) is 3. The summed E-state index contributed by atoms with van der Waals surface area (Å²) in [7, 11) is 0. The van der Waals surface area contributed by atoms with Gasteiger partial charge in [-0.05, 0) is 18.8 Å². The van der Waals surface area contributed by atoms with Crippen molar-refractivity contribution in [2.45, 2.75) is 18.4 Å². The molecule has 2 heterocycles. The first-order valence-corrected chi connectivity index (χ1v) is 5.93. The van der Waals surface area contributed by atoms with Crippen LogP contribution in [-0.2, 0) is 0 Å². The lowest BCUT2D eigenvalue weighted by Gasteiger charge is -2.47. The van der Waals surface area contributed by atoms with Gasteiger partial charge in [0.1, 0.15) is 5.60 Å². The molecule has 6 heteroatoms. The molecule has 0 spiro atoms. The summed E-state index contributed by atoms with van der Waals surface area (Å²) >= 11 is 0. The number of likely N-dealkylation sites (tertiary alicyclic amines) is 1. The third-order valence-corrected chi connectivity index (χ3v) is 3.63. The zero-order valence-corrected chi connectivity index (χ0v) is 9.72. The van der Waals surface area contributed by atoms with E-state index in [0.717, 1.165) is 18.9 Å². The minimum atomic E-state index is -0.737. The Labute approximate surface area is 103 Å². The Kier molecular flexibility index (Phi) is 2.25. The number of aromatic amines is 1. The van der Waals surface area contributed by atoms with Gasteiger partial charge in [-0.15, -0.1) is 0 Å². The van der Waals surface area contributed by atoms with Crippen LogP contribution in [0.5, 0.6) is 5.88 Å². The van der Waals surface area contributed by atoms with Gasteiger partial charge >= 0.3 is 0 Å². The summed E-state index contributed by atoms with van der Waals surface area (Å²) < 4.78 is 0. The molecule has 2 aliphatic rings. The van der Waals surface area contributed by atoms with Crippen LogP contribution in [0, 0.1) is 5.92 Å². The third-order valence-electron chi connectivity index (χ3n) is 3.63. The number of carbonyl (C=O) groups is 1. The lowest BCUT2D eigenvalue weighted by molar-refractivity contribution is -0.0958. The minimum Gasteiger partial charge on any atom is -0.494 e. The first kappa shape index (κ1) is 11.3. The molecule has 0 radical (unpaired) electrons. The van der Waals surface area contributed by atoms with E-state index in [1.54, 1.807) is 0 Å². The van der Waals surface area contributed by atoms with Crippen LogP contribution in [0.2, 0.25) is 0 Å². The second-order valence-electron chi connectivity index (χ2n) is 5.16. The van der Waals surface area contributed by atoms with E-state index >= 15 is 0 Å². The number of nitrogens with one attached hydrogen (secondary N) is 1. The minimum absolute atomic E-state index is 0.147. The number of carbonyl (C=O) groups excluding carboxylic acids is 1. The van der Waals surface area contributed by atoms with Crippen molar-refractivity contribution in [1.29, 1.82) is 0 Å². The van der Waals surface area contributed by atoms with E-state index in [1.807, 2.05) is 0 Å². The Balaban J connectivity index is 1.74. The van der Waals surface area contributed by atoms with Gasteiger partial charge < -0.3 is 15.1 Å². The standard InChI is InChI=1S/C12H14N2O4/c15-9-3-7(4-10(16)13-9)11(17)14-5-12(18,6-14)8-1-2-8/h3-4,8,18H,1-2,5-6H2,(H2,13,15,16). The normalized spacial score (nSPS) is 21.5. The molecule has 3 rings (SSSR count). The van der Waals surface area contributed by atoms with Crippen molar-refractivity contribution in [1.82, 2.24) is 9.88 Å². The molecular formula is C12H14N2O4. The van der Waals surface area contributed by atoms with E-state index in [0.29, 0.717) is 19.0 Å². The quantitative estimate of drug-likeness (QED) is 0.670. The highest BCUT2D eigenvalue weighted by molar-refractivity contribution is 5.95. The summed E-state index contributed by atoms with van der Waals surface area (Å²) in [6, 6.07) is 2.37. The molecule has 0 bridgehead atoms. The van der Waals surface area contributed by atoms with Crippen LogP contribution in [0.1, 0.15) is 23.2 Å².